The summed E-state index contributed by atoms with van der Waals surface area (Å²) in [5.74, 6) is 1.57. The Morgan fingerprint density at radius 3 is 3.12 bits per heavy atom. The van der Waals surface area contributed by atoms with Crippen molar-refractivity contribution in [2.45, 2.75) is 17.7 Å². The summed E-state index contributed by atoms with van der Waals surface area (Å²) in [4.78, 5) is 11.6. The number of aromatic nitrogens is 2. The van der Waals surface area contributed by atoms with Crippen LogP contribution in [-0.2, 0) is 4.79 Å². The Morgan fingerprint density at radius 1 is 1.75 bits per heavy atom. The van der Waals surface area contributed by atoms with E-state index in [9.17, 15) is 4.79 Å². The van der Waals surface area contributed by atoms with Crippen molar-refractivity contribution in [2.75, 3.05) is 11.1 Å². The molecule has 0 aromatic carbocycles. The van der Waals surface area contributed by atoms with Crippen LogP contribution in [0.3, 0.4) is 0 Å². The predicted octanol–water partition coefficient (Wildman–Crippen LogP) is 2.41. The largest absolute Gasteiger partial charge is 0.300 e. The number of thioether (sulfide) groups is 1. The van der Waals surface area contributed by atoms with Crippen molar-refractivity contribution in [2.24, 2.45) is 11.8 Å². The zero-order chi connectivity index (χ0) is 11.5. The van der Waals surface area contributed by atoms with Crippen LogP contribution in [0.1, 0.15) is 13.3 Å². The molecule has 1 heterocycles. The first-order valence-electron chi connectivity index (χ1n) is 5.08. The minimum Gasteiger partial charge on any atom is -0.300 e. The molecule has 1 saturated carbocycles. The smallest absolute Gasteiger partial charge is 0.229 e. The zero-order valence-corrected chi connectivity index (χ0v) is 10.6. The number of hydrogen-bond acceptors (Lipinski definition) is 5. The zero-order valence-electron chi connectivity index (χ0n) is 8.97. The molecule has 1 N–H and O–H groups in total. The molecule has 1 aliphatic rings. The number of nitrogens with one attached hydrogen (secondary N) is 1. The summed E-state index contributed by atoms with van der Waals surface area (Å²) in [7, 11) is 0. The number of amides is 1. The normalized spacial score (nSPS) is 22.8. The van der Waals surface area contributed by atoms with E-state index in [1.807, 2.05) is 6.08 Å². The van der Waals surface area contributed by atoms with Crippen molar-refractivity contribution in [3.63, 3.8) is 0 Å². The molecular formula is C10H13N3OS2. The first kappa shape index (κ1) is 11.6. The maximum absolute atomic E-state index is 11.6. The molecule has 86 valence electrons. The van der Waals surface area contributed by atoms with Crippen LogP contribution >= 0.6 is 23.1 Å². The van der Waals surface area contributed by atoms with Gasteiger partial charge in [0, 0.05) is 11.7 Å². The molecule has 2 atom stereocenters. The molecular weight excluding hydrogens is 242 g/mol. The number of rotatable bonds is 5. The Hall–Kier alpha value is -0.880. The van der Waals surface area contributed by atoms with Gasteiger partial charge in [0.15, 0.2) is 4.34 Å². The maximum Gasteiger partial charge on any atom is 0.229 e. The second-order valence-corrected chi connectivity index (χ2v) is 6.03. The van der Waals surface area contributed by atoms with Crippen molar-refractivity contribution in [1.29, 1.82) is 0 Å². The van der Waals surface area contributed by atoms with E-state index >= 15 is 0 Å². The van der Waals surface area contributed by atoms with Crippen LogP contribution in [0.5, 0.6) is 0 Å². The summed E-state index contributed by atoms with van der Waals surface area (Å²) >= 11 is 2.98. The van der Waals surface area contributed by atoms with Gasteiger partial charge in [0.25, 0.3) is 0 Å². The van der Waals surface area contributed by atoms with E-state index in [0.29, 0.717) is 11.0 Å². The molecule has 2 rings (SSSR count). The van der Waals surface area contributed by atoms with E-state index in [1.54, 1.807) is 11.8 Å². The van der Waals surface area contributed by atoms with Crippen LogP contribution in [0.2, 0.25) is 0 Å². The average Bonchev–Trinajstić information content (AvgIpc) is 2.83. The van der Waals surface area contributed by atoms with Crippen LogP contribution in [0.4, 0.5) is 5.13 Å². The molecule has 4 nitrogen and oxygen atoms in total. The molecule has 1 aromatic rings. The second kappa shape index (κ2) is 4.97. The molecule has 1 fully saturated rings. The Labute approximate surface area is 103 Å². The van der Waals surface area contributed by atoms with Crippen LogP contribution < -0.4 is 5.32 Å². The molecule has 1 aliphatic carbocycles. The van der Waals surface area contributed by atoms with E-state index in [1.165, 1.54) is 11.3 Å². The third kappa shape index (κ3) is 2.82. The lowest BCUT2D eigenvalue weighted by Gasteiger charge is -1.97. The van der Waals surface area contributed by atoms with Gasteiger partial charge in [-0.3, -0.25) is 4.79 Å². The molecule has 0 radical (unpaired) electrons. The average molecular weight is 255 g/mol. The molecule has 16 heavy (non-hydrogen) atoms. The highest BCUT2D eigenvalue weighted by Crippen LogP contribution is 2.38. The topological polar surface area (TPSA) is 54.9 Å². The number of nitrogens with zero attached hydrogens (tertiary/aromatic N) is 2. The van der Waals surface area contributed by atoms with Gasteiger partial charge in [0.05, 0.1) is 0 Å². The Balaban J connectivity index is 1.87. The number of carbonyl (C=O) groups is 1. The Bertz CT molecular complexity index is 405. The number of carbonyl (C=O) groups excluding carboxylic acids is 1. The van der Waals surface area contributed by atoms with Crippen molar-refractivity contribution in [1.82, 2.24) is 10.2 Å². The Kier molecular flexibility index (Phi) is 3.60. The minimum atomic E-state index is 0.0731. The van der Waals surface area contributed by atoms with E-state index in [0.717, 1.165) is 16.5 Å². The molecule has 1 aromatic heterocycles. The molecule has 0 spiro atoms. The summed E-state index contributed by atoms with van der Waals surface area (Å²) in [5, 5.41) is 11.3. The summed E-state index contributed by atoms with van der Waals surface area (Å²) < 4.78 is 0.860. The number of anilines is 1. The van der Waals surface area contributed by atoms with Gasteiger partial charge in [-0.25, -0.2) is 0 Å². The first-order chi connectivity index (χ1) is 7.70. The van der Waals surface area contributed by atoms with Gasteiger partial charge in [-0.1, -0.05) is 36.1 Å². The summed E-state index contributed by atoms with van der Waals surface area (Å²) in [6.45, 7) is 5.72. The highest BCUT2D eigenvalue weighted by molar-refractivity contribution is 8.01. The van der Waals surface area contributed by atoms with E-state index in [2.05, 4.69) is 29.0 Å². The van der Waals surface area contributed by atoms with Gasteiger partial charge >= 0.3 is 0 Å². The molecule has 6 heteroatoms. The fraction of sp³-hybridized carbons (Fsp3) is 0.500. The molecule has 0 bridgehead atoms. The lowest BCUT2D eigenvalue weighted by molar-refractivity contribution is -0.117. The molecule has 0 saturated heterocycles. The van der Waals surface area contributed by atoms with Crippen LogP contribution in [0.25, 0.3) is 0 Å². The lowest BCUT2D eigenvalue weighted by atomic mass is 10.3. The highest BCUT2D eigenvalue weighted by atomic mass is 32.2. The SMILES string of the molecule is C=CCSc1nnc(NC(=O)[C@H]2C[C@@H]2C)s1. The van der Waals surface area contributed by atoms with Crippen molar-refractivity contribution in [3.8, 4) is 0 Å². The molecule has 0 unspecified atom stereocenters. The van der Waals surface area contributed by atoms with E-state index < -0.39 is 0 Å². The highest BCUT2D eigenvalue weighted by Gasteiger charge is 2.39. The van der Waals surface area contributed by atoms with E-state index in [4.69, 9.17) is 0 Å². The predicted molar refractivity (Wildman–Crippen MR) is 66.7 cm³/mol. The second-order valence-electron chi connectivity index (χ2n) is 3.78. The fourth-order valence-corrected chi connectivity index (χ4v) is 2.85. The summed E-state index contributed by atoms with van der Waals surface area (Å²) in [6.07, 6.45) is 2.80. The fourth-order valence-electron chi connectivity index (χ4n) is 1.33. The summed E-state index contributed by atoms with van der Waals surface area (Å²) in [6, 6.07) is 0. The van der Waals surface area contributed by atoms with Gasteiger partial charge in [-0.15, -0.1) is 16.8 Å². The van der Waals surface area contributed by atoms with Gasteiger partial charge in [0.1, 0.15) is 0 Å². The van der Waals surface area contributed by atoms with Crippen molar-refractivity contribution < 1.29 is 4.79 Å². The third-order valence-corrected chi connectivity index (χ3v) is 4.38. The third-order valence-electron chi connectivity index (χ3n) is 2.41. The van der Waals surface area contributed by atoms with Gasteiger partial charge < -0.3 is 5.32 Å². The lowest BCUT2D eigenvalue weighted by Crippen LogP contribution is -2.14. The Morgan fingerprint density at radius 2 is 2.50 bits per heavy atom. The van der Waals surface area contributed by atoms with Crippen molar-refractivity contribution >= 4 is 34.1 Å². The van der Waals surface area contributed by atoms with Gasteiger partial charge in [0.2, 0.25) is 11.0 Å². The monoisotopic (exact) mass is 255 g/mol. The minimum absolute atomic E-state index is 0.0731. The van der Waals surface area contributed by atoms with Gasteiger partial charge in [-0.05, 0) is 12.3 Å². The standard InChI is InChI=1S/C10H13N3OS2/c1-3-4-15-10-13-12-9(16-10)11-8(14)7-5-6(7)2/h3,6-7H,1,4-5H2,2H3,(H,11,12,14)/t6-,7-/m0/s1. The summed E-state index contributed by atoms with van der Waals surface area (Å²) in [5.41, 5.74) is 0. The molecule has 1 amide bonds. The number of hydrogen-bond donors (Lipinski definition) is 1. The van der Waals surface area contributed by atoms with Crippen LogP contribution in [0.15, 0.2) is 17.0 Å². The quantitative estimate of drug-likeness (QED) is 0.499. The van der Waals surface area contributed by atoms with Crippen molar-refractivity contribution in [3.05, 3.63) is 12.7 Å². The van der Waals surface area contributed by atoms with Gasteiger partial charge in [-0.2, -0.15) is 0 Å². The van der Waals surface area contributed by atoms with E-state index in [-0.39, 0.29) is 11.8 Å². The maximum atomic E-state index is 11.6. The first-order valence-corrected chi connectivity index (χ1v) is 6.89. The van der Waals surface area contributed by atoms with Crippen LogP contribution in [0, 0.1) is 11.8 Å². The van der Waals surface area contributed by atoms with Crippen LogP contribution in [-0.4, -0.2) is 21.9 Å². The molecule has 0 aliphatic heterocycles.